The number of pyridine rings is 1. The van der Waals surface area contributed by atoms with E-state index in [-0.39, 0.29) is 11.4 Å². The Labute approximate surface area is 139 Å². The highest BCUT2D eigenvalue weighted by Crippen LogP contribution is 2.14. The molecule has 7 nitrogen and oxygen atoms in total. The first-order chi connectivity index (χ1) is 11.5. The topological polar surface area (TPSA) is 98.0 Å². The van der Waals surface area contributed by atoms with E-state index >= 15 is 0 Å². The summed E-state index contributed by atoms with van der Waals surface area (Å²) in [7, 11) is -3.54. The molecule has 8 heteroatoms. The number of rotatable bonds is 6. The lowest BCUT2D eigenvalue weighted by Crippen LogP contribution is -2.26. The average molecular weight is 344 g/mol. The lowest BCUT2D eigenvalue weighted by atomic mass is 10.2. The molecule has 0 spiro atoms. The molecule has 0 aliphatic carbocycles. The van der Waals surface area contributed by atoms with E-state index in [0.29, 0.717) is 23.9 Å². The zero-order valence-corrected chi connectivity index (χ0v) is 13.8. The first kappa shape index (κ1) is 16.3. The highest BCUT2D eigenvalue weighted by Gasteiger charge is 2.14. The molecule has 3 aromatic rings. The van der Waals surface area contributed by atoms with Gasteiger partial charge in [0, 0.05) is 19.2 Å². The van der Waals surface area contributed by atoms with Gasteiger partial charge < -0.3 is 4.42 Å². The van der Waals surface area contributed by atoms with Gasteiger partial charge in [-0.05, 0) is 31.2 Å². The summed E-state index contributed by atoms with van der Waals surface area (Å²) in [6.07, 6.45) is 1.93. The van der Waals surface area contributed by atoms with Gasteiger partial charge in [0.25, 0.3) is 5.89 Å². The molecule has 2 aromatic heterocycles. The Morgan fingerprint density at radius 3 is 2.58 bits per heavy atom. The molecular formula is C16H16N4O3S. The summed E-state index contributed by atoms with van der Waals surface area (Å²) >= 11 is 0. The van der Waals surface area contributed by atoms with Crippen LogP contribution in [0.4, 0.5) is 0 Å². The summed E-state index contributed by atoms with van der Waals surface area (Å²) < 4.78 is 32.4. The Bertz CT molecular complexity index is 906. The van der Waals surface area contributed by atoms with Crippen molar-refractivity contribution in [3.63, 3.8) is 0 Å². The molecule has 0 aliphatic heterocycles. The van der Waals surface area contributed by atoms with Crippen LogP contribution in [0.2, 0.25) is 0 Å². The molecular weight excluding hydrogens is 328 g/mol. The molecule has 1 aromatic carbocycles. The fraction of sp³-hybridized carbons (Fsp3) is 0.188. The van der Waals surface area contributed by atoms with Crippen LogP contribution < -0.4 is 4.72 Å². The molecule has 0 fully saturated rings. The normalized spacial score (nSPS) is 11.5. The van der Waals surface area contributed by atoms with Gasteiger partial charge in [-0.1, -0.05) is 23.8 Å². The monoisotopic (exact) mass is 344 g/mol. The van der Waals surface area contributed by atoms with Crippen molar-refractivity contribution in [3.05, 3.63) is 60.1 Å². The van der Waals surface area contributed by atoms with E-state index in [9.17, 15) is 8.42 Å². The lowest BCUT2D eigenvalue weighted by molar-refractivity contribution is 0.500. The van der Waals surface area contributed by atoms with Gasteiger partial charge in [-0.15, -0.1) is 10.2 Å². The fourth-order valence-corrected chi connectivity index (χ4v) is 3.07. The maximum Gasteiger partial charge on any atom is 0.266 e. The molecule has 1 N–H and O–H groups in total. The van der Waals surface area contributed by atoms with Crippen molar-refractivity contribution in [3.8, 4) is 11.6 Å². The van der Waals surface area contributed by atoms with Crippen molar-refractivity contribution in [2.75, 3.05) is 6.54 Å². The van der Waals surface area contributed by atoms with Crippen LogP contribution >= 0.6 is 0 Å². The summed E-state index contributed by atoms with van der Waals surface area (Å²) in [6.45, 7) is 2.07. The van der Waals surface area contributed by atoms with Crippen molar-refractivity contribution in [1.29, 1.82) is 0 Å². The van der Waals surface area contributed by atoms with Crippen molar-refractivity contribution in [2.45, 2.75) is 18.2 Å². The number of nitrogens with zero attached hydrogens (tertiary/aromatic N) is 3. The Morgan fingerprint density at radius 2 is 1.88 bits per heavy atom. The molecule has 0 amide bonds. The maximum absolute atomic E-state index is 12.2. The molecule has 3 rings (SSSR count). The smallest absolute Gasteiger partial charge is 0.266 e. The van der Waals surface area contributed by atoms with Gasteiger partial charge in [-0.2, -0.15) is 0 Å². The number of nitrogens with one attached hydrogen (secondary N) is 1. The van der Waals surface area contributed by atoms with E-state index in [1.54, 1.807) is 42.6 Å². The third-order valence-corrected chi connectivity index (χ3v) is 4.79. The van der Waals surface area contributed by atoms with Crippen molar-refractivity contribution >= 4 is 10.0 Å². The van der Waals surface area contributed by atoms with Gasteiger partial charge in [0.2, 0.25) is 15.9 Å². The van der Waals surface area contributed by atoms with Crippen LogP contribution in [0.5, 0.6) is 0 Å². The predicted molar refractivity (Wildman–Crippen MR) is 87.6 cm³/mol. The minimum atomic E-state index is -3.54. The van der Waals surface area contributed by atoms with Crippen LogP contribution in [0.15, 0.2) is 58.0 Å². The molecule has 0 saturated carbocycles. The van der Waals surface area contributed by atoms with Crippen molar-refractivity contribution in [2.24, 2.45) is 0 Å². The SMILES string of the molecule is Cc1ccc(S(=O)(=O)NCCc2nnc(-c3ccccn3)o2)cc1. The summed E-state index contributed by atoms with van der Waals surface area (Å²) in [6, 6.07) is 12.0. The summed E-state index contributed by atoms with van der Waals surface area (Å²) in [5.74, 6) is 0.661. The van der Waals surface area contributed by atoms with E-state index in [2.05, 4.69) is 19.9 Å². The Kier molecular flexibility index (Phi) is 4.68. The van der Waals surface area contributed by atoms with Crippen LogP contribution in [-0.2, 0) is 16.4 Å². The minimum Gasteiger partial charge on any atom is -0.419 e. The first-order valence-corrected chi connectivity index (χ1v) is 8.83. The van der Waals surface area contributed by atoms with E-state index < -0.39 is 10.0 Å². The zero-order valence-electron chi connectivity index (χ0n) is 13.0. The lowest BCUT2D eigenvalue weighted by Gasteiger charge is -2.05. The van der Waals surface area contributed by atoms with Gasteiger partial charge >= 0.3 is 0 Å². The van der Waals surface area contributed by atoms with Crippen LogP contribution in [0, 0.1) is 6.92 Å². The molecule has 124 valence electrons. The van der Waals surface area contributed by atoms with Gasteiger partial charge in [0.15, 0.2) is 0 Å². The van der Waals surface area contributed by atoms with E-state index in [1.807, 2.05) is 13.0 Å². The quantitative estimate of drug-likeness (QED) is 0.734. The molecule has 0 saturated heterocycles. The molecule has 24 heavy (non-hydrogen) atoms. The molecule has 0 radical (unpaired) electrons. The Hall–Kier alpha value is -2.58. The number of sulfonamides is 1. The summed E-state index contributed by atoms with van der Waals surface area (Å²) in [5.41, 5.74) is 1.58. The zero-order chi connectivity index (χ0) is 17.0. The van der Waals surface area contributed by atoms with E-state index in [4.69, 9.17) is 4.42 Å². The van der Waals surface area contributed by atoms with Gasteiger partial charge in [-0.3, -0.25) is 4.98 Å². The molecule has 0 aliphatic rings. The Morgan fingerprint density at radius 1 is 1.08 bits per heavy atom. The standard InChI is InChI=1S/C16H16N4O3S/c1-12-5-7-13(8-6-12)24(21,22)18-11-9-15-19-20-16(23-15)14-4-2-3-10-17-14/h2-8,10,18H,9,11H2,1H3. The number of benzene rings is 1. The minimum absolute atomic E-state index is 0.167. The molecule has 0 bridgehead atoms. The molecule has 2 heterocycles. The second kappa shape index (κ2) is 6.90. The first-order valence-electron chi connectivity index (χ1n) is 7.35. The van der Waals surface area contributed by atoms with Gasteiger partial charge in [0.1, 0.15) is 5.69 Å². The third-order valence-electron chi connectivity index (χ3n) is 3.31. The number of aromatic nitrogens is 3. The summed E-state index contributed by atoms with van der Waals surface area (Å²) in [4.78, 5) is 4.35. The largest absolute Gasteiger partial charge is 0.419 e. The number of aryl methyl sites for hydroxylation is 1. The van der Waals surface area contributed by atoms with E-state index in [0.717, 1.165) is 5.56 Å². The predicted octanol–water partition coefficient (Wildman–Crippen LogP) is 1.96. The number of hydrogen-bond donors (Lipinski definition) is 1. The highest BCUT2D eigenvalue weighted by molar-refractivity contribution is 7.89. The fourth-order valence-electron chi connectivity index (χ4n) is 2.04. The average Bonchev–Trinajstić information content (AvgIpc) is 3.05. The van der Waals surface area contributed by atoms with Crippen LogP contribution in [0.1, 0.15) is 11.5 Å². The number of hydrogen-bond acceptors (Lipinski definition) is 6. The molecule has 0 unspecified atom stereocenters. The van der Waals surface area contributed by atoms with Gasteiger partial charge in [0.05, 0.1) is 4.90 Å². The maximum atomic E-state index is 12.2. The third kappa shape index (κ3) is 3.84. The van der Waals surface area contributed by atoms with Crippen molar-refractivity contribution < 1.29 is 12.8 Å². The second-order valence-corrected chi connectivity index (χ2v) is 6.94. The van der Waals surface area contributed by atoms with E-state index in [1.165, 1.54) is 0 Å². The van der Waals surface area contributed by atoms with Crippen LogP contribution in [0.25, 0.3) is 11.6 Å². The van der Waals surface area contributed by atoms with Gasteiger partial charge in [-0.25, -0.2) is 13.1 Å². The summed E-state index contributed by atoms with van der Waals surface area (Å²) in [5, 5.41) is 7.82. The van der Waals surface area contributed by atoms with Crippen LogP contribution in [0.3, 0.4) is 0 Å². The van der Waals surface area contributed by atoms with Crippen LogP contribution in [-0.4, -0.2) is 30.1 Å². The second-order valence-electron chi connectivity index (χ2n) is 5.18. The van der Waals surface area contributed by atoms with Crippen molar-refractivity contribution in [1.82, 2.24) is 19.9 Å². The molecule has 0 atom stereocenters. The Balaban J connectivity index is 1.60. The highest BCUT2D eigenvalue weighted by atomic mass is 32.2.